The van der Waals surface area contributed by atoms with Crippen LogP contribution in [-0.2, 0) is 19.1 Å². The lowest BCUT2D eigenvalue weighted by Crippen LogP contribution is -2.92. The van der Waals surface area contributed by atoms with E-state index in [9.17, 15) is 28.6 Å². The number of benzene rings is 2. The second kappa shape index (κ2) is 41.7. The van der Waals surface area contributed by atoms with Gasteiger partial charge in [0.15, 0.2) is 5.78 Å². The highest BCUT2D eigenvalue weighted by molar-refractivity contribution is 9.10. The average Bonchev–Trinajstić information content (AvgIpc) is 1.37. The van der Waals surface area contributed by atoms with Crippen molar-refractivity contribution in [1.82, 2.24) is 5.06 Å². The summed E-state index contributed by atoms with van der Waals surface area (Å²) < 4.78 is 38.9. The number of halogens is 3. The predicted octanol–water partition coefficient (Wildman–Crippen LogP) is -1.92. The summed E-state index contributed by atoms with van der Waals surface area (Å²) in [5, 5.41) is 23.0. The highest BCUT2D eigenvalue weighted by Gasteiger charge is 2.66. The molecule has 0 aliphatic heterocycles. The molecule has 1 amide bonds. The molecule has 0 aromatic heterocycles. The fraction of sp³-hybridized carbons (Fsp3) is 0.763. The minimum atomic E-state index is -1.25. The molecule has 42 radical (unpaired) electrons. The maximum absolute atomic E-state index is 14.4. The lowest BCUT2D eigenvalue weighted by molar-refractivity contribution is -0.188. The van der Waals surface area contributed by atoms with E-state index in [0.29, 0.717) is 51.8 Å². The molecule has 51 heteroatoms. The first-order valence-electron chi connectivity index (χ1n) is 39.6. The second-order valence-corrected chi connectivity index (χ2v) is 36.5. The Morgan fingerprint density at radius 3 is 1.12 bits per heavy atom. The molecule has 10 rings (SSSR count). The van der Waals surface area contributed by atoms with Crippen LogP contribution in [0, 0.1) is 92.5 Å². The molecule has 512 valence electrons. The first-order chi connectivity index (χ1) is 50.8. The maximum Gasteiger partial charge on any atom is 0.249 e. The van der Waals surface area contributed by atoms with Crippen molar-refractivity contribution in [2.24, 2.45) is 80.8 Å². The number of aliphatic hydroxyl groups is 2. The number of hydroxylamine groups is 2. The third-order valence-electron chi connectivity index (χ3n) is 29.3. The number of nitrogens with zero attached hydrogens (tertiary/aromatic N) is 1. The Bertz CT molecular complexity index is 3100. The molecule has 110 heavy (non-hydrogen) atoms. The molecule has 8 aliphatic carbocycles. The van der Waals surface area contributed by atoms with Gasteiger partial charge in [-0.25, -0.2) is 13.8 Å². The minimum absolute atomic E-state index is 0. The van der Waals surface area contributed by atoms with Crippen LogP contribution in [-0.4, -0.2) is 364 Å². The van der Waals surface area contributed by atoms with Crippen LogP contribution < -0.4 is 0 Å². The van der Waals surface area contributed by atoms with Gasteiger partial charge in [0.25, 0.3) is 0 Å². The summed E-state index contributed by atoms with van der Waals surface area (Å²) in [7, 11) is 138. The third kappa shape index (κ3) is 21.6. The van der Waals surface area contributed by atoms with Crippen LogP contribution in [0.1, 0.15) is 161 Å². The molecule has 8 fully saturated rings. The zero-order valence-electron chi connectivity index (χ0n) is 66.1. The quantitative estimate of drug-likeness (QED) is 0.0645. The summed E-state index contributed by atoms with van der Waals surface area (Å²) in [6, 6.07) is 13.0. The molecule has 0 spiro atoms. The molecule has 0 bridgehead atoms. The summed E-state index contributed by atoms with van der Waals surface area (Å²) in [5.74, 6) is 4.40. The van der Waals surface area contributed by atoms with Crippen LogP contribution in [0.4, 0.5) is 8.78 Å². The van der Waals surface area contributed by atoms with E-state index in [-0.39, 0.29) is 69.8 Å². The largest absolute Gasteiger partial charge is 0.390 e. The third-order valence-corrected chi connectivity index (χ3v) is 29.9. The van der Waals surface area contributed by atoms with E-state index in [0.717, 1.165) is 103 Å². The topological polar surface area (TPSA) is 106 Å². The van der Waals surface area contributed by atoms with Crippen molar-refractivity contribution >= 4 is 311 Å². The Morgan fingerprint density at radius 2 is 0.791 bits per heavy atom. The van der Waals surface area contributed by atoms with Crippen LogP contribution >= 0.6 is 15.9 Å². The van der Waals surface area contributed by atoms with Crippen molar-refractivity contribution in [3.63, 3.8) is 0 Å². The number of amides is 1. The molecule has 16 atom stereocenters. The first kappa shape index (κ1) is 99.1. The van der Waals surface area contributed by atoms with Gasteiger partial charge < -0.3 is 19.7 Å². The normalized spacial score (nSPS) is 30.4. The zero-order valence-corrected chi connectivity index (χ0v) is 67.7. The van der Waals surface area contributed by atoms with Crippen LogP contribution in [0.25, 0.3) is 0 Å². The van der Waals surface area contributed by atoms with Gasteiger partial charge in [0.2, 0.25) is 5.91 Å². The van der Waals surface area contributed by atoms with Crippen molar-refractivity contribution in [3.8, 4) is 0 Å². The Hall–Kier alpha value is 0.317. The van der Waals surface area contributed by atoms with Gasteiger partial charge in [0.05, 0.1) is 41.6 Å². The number of rotatable bonds is 26. The van der Waals surface area contributed by atoms with Crippen molar-refractivity contribution in [2.45, 2.75) is 162 Å². The van der Waals surface area contributed by atoms with Crippen molar-refractivity contribution in [1.29, 1.82) is 0 Å². The van der Waals surface area contributed by atoms with Gasteiger partial charge in [0, 0.05) is 317 Å². The summed E-state index contributed by atoms with van der Waals surface area (Å²) in [4.78, 5) is 31.7. The van der Waals surface area contributed by atoms with Gasteiger partial charge >= 0.3 is 0 Å². The molecule has 0 unspecified atom stereocenters. The number of Topliss-reactive ketones (excluding diaryl/α,β-unsaturated/α-hetero) is 1. The lowest BCUT2D eigenvalue weighted by atomic mass is 8.27. The highest BCUT2D eigenvalue weighted by atomic mass is 79.9. The van der Waals surface area contributed by atoms with E-state index in [1.807, 2.05) is 28.1 Å². The van der Waals surface area contributed by atoms with E-state index < -0.39 is 133 Å². The maximum atomic E-state index is 14.4. The molecular formula is C59H88B40BrF2NO7. The summed E-state index contributed by atoms with van der Waals surface area (Å²) in [5.41, 5.74) is -0.373. The number of hydrogen-bond acceptors (Lipinski definition) is 7. The first-order valence-corrected chi connectivity index (χ1v) is 40.4. The van der Waals surface area contributed by atoms with E-state index >= 15 is 0 Å². The molecule has 8 nitrogen and oxygen atoms in total. The van der Waals surface area contributed by atoms with E-state index in [2.05, 4.69) is 29.8 Å². The molecule has 2 N–H and O–H groups in total. The molecule has 2 aromatic carbocycles. The summed E-state index contributed by atoms with van der Waals surface area (Å²) in [6.45, 7) is 10.3. The fourth-order valence-electron chi connectivity index (χ4n) is 24.4. The average molecular weight is 1470 g/mol. The van der Waals surface area contributed by atoms with Gasteiger partial charge in [-0.2, -0.15) is 0 Å². The van der Waals surface area contributed by atoms with Crippen LogP contribution in [0.5, 0.6) is 0 Å². The monoisotopic (exact) mass is 1480 g/mol. The number of methoxy groups -OCH3 is 2. The Morgan fingerprint density at radius 1 is 0.445 bits per heavy atom. The molecule has 0 heterocycles. The van der Waals surface area contributed by atoms with Crippen molar-refractivity contribution in [2.75, 3.05) is 41.6 Å². The van der Waals surface area contributed by atoms with E-state index in [1.165, 1.54) is 42.9 Å². The van der Waals surface area contributed by atoms with Crippen LogP contribution in [0.15, 0.2) is 53.0 Å². The summed E-state index contributed by atoms with van der Waals surface area (Å²) in [6.07, 6.45) is -2.64. The Labute approximate surface area is 708 Å². The molecule has 0 saturated heterocycles. The molecule has 8 aliphatic rings. The van der Waals surface area contributed by atoms with Gasteiger partial charge in [0.1, 0.15) is 11.6 Å². The Kier molecular flexibility index (Phi) is 37.6. The number of carbonyl (C=O) groups excluding carboxylic acids is 2. The van der Waals surface area contributed by atoms with E-state index in [1.54, 1.807) is 50.6 Å². The highest BCUT2D eigenvalue weighted by Crippen LogP contribution is 2.70. The van der Waals surface area contributed by atoms with Crippen molar-refractivity contribution in [3.05, 3.63) is 70.2 Å². The van der Waals surface area contributed by atoms with Crippen LogP contribution in [0.2, 0.25) is 0 Å². The fourth-order valence-corrected chi connectivity index (χ4v) is 24.7. The van der Waals surface area contributed by atoms with Gasteiger partial charge in [-0.1, -0.05) is 45.5 Å². The van der Waals surface area contributed by atoms with Gasteiger partial charge in [-0.15, -0.1) is 0 Å². The predicted molar refractivity (Wildman–Crippen MR) is 506 cm³/mol. The van der Waals surface area contributed by atoms with E-state index in [4.69, 9.17) is 177 Å². The molecular weight excluding hydrogens is 1390 g/mol. The second-order valence-electron chi connectivity index (χ2n) is 35.6. The standard InChI is InChI=1S/C28H39FO3.C24H41NO4.C6H4BrF.CH4.B40/c1-26(31)14-15-28(17-32-3)18(16-26)8-9-19-21-10-11-23(27(21,2)13-12-22(19)28)25(30)20-6-4-5-7-24(20)29;1-22(27)12-13-24(15-28-4)16(14-22)6-7-17-18-8-9-20(21(26)25(3)29-5)23(18,2)11-10-19(17)24;7-5-3-1-2-4-6(5)8;;1-22(2)32(21)37(31(19)20)40(38(33(23(3)4)24(5)6)34(25(7)8)26(9)10)39(35(27(11)12)28(13)14)36(29(15)16)30(17)18/h4-7,18-19,21-23,31H,8-17H2,1-3H3;16-20,27H,6-15H2,1-5H3;1-4H;1H4;/t18-,19-,21-,22-,23+,26+,27-,28+;16-,17-,18-,19-,20+,22+,23-,24+;;;/m00.../s1. The summed E-state index contributed by atoms with van der Waals surface area (Å²) >= 11 is 3.02. The minimum Gasteiger partial charge on any atom is -0.390 e. The smallest absolute Gasteiger partial charge is 0.249 e. The lowest BCUT2D eigenvalue weighted by Gasteiger charge is -2.62. The molecule has 2 aromatic rings. The number of fused-ring (bicyclic) bond motifs is 10. The SMILES string of the molecule is C.COC[C@]12CC[C@@](C)(O)C[C@@H]1CC[C@H]1[C@@H]3CC[C@H](C(=O)N(C)OC)[C@@]3(C)CC[C@@H]12.COC[C@]12CC[C@@](C)(O)C[C@@H]1CC[C@H]1[C@@H]3CC[C@H](C(=O)c4ccccc4F)[C@@]3(C)CC[C@@H]12.Fc1ccccc1Br.[B]B([B])B([B])B(B([B])[B])B(B(B(B([B])[B])B([B])[B])B(B([B])[B])B([B])[B])B(B(B([B])[B])B([B])[B])B(B([B])[B])B([B])[B]. The van der Waals surface area contributed by atoms with Gasteiger partial charge in [-0.05, 0) is 239 Å². The number of hydrogen-bond donors (Lipinski definition) is 2. The van der Waals surface area contributed by atoms with Crippen molar-refractivity contribution < 1.29 is 42.9 Å². The number of ether oxygens (including phenoxy) is 2. The number of carbonyl (C=O) groups is 2. The number of ketones is 1. The Balaban J connectivity index is 0.000000245. The van der Waals surface area contributed by atoms with Gasteiger partial charge in [-0.3, -0.25) is 14.4 Å². The zero-order chi connectivity index (χ0) is 81.7. The van der Waals surface area contributed by atoms with Crippen LogP contribution in [0.3, 0.4) is 0 Å². The molecule has 8 saturated carbocycles.